The van der Waals surface area contributed by atoms with Gasteiger partial charge in [0.25, 0.3) is 0 Å². The molecule has 0 saturated heterocycles. The fourth-order valence-electron chi connectivity index (χ4n) is 2.76. The molecule has 4 heteroatoms. The van der Waals surface area contributed by atoms with Gasteiger partial charge in [0.1, 0.15) is 0 Å². The summed E-state index contributed by atoms with van der Waals surface area (Å²) in [7, 11) is 0. The monoisotopic (exact) mass is 283 g/mol. The van der Waals surface area contributed by atoms with Gasteiger partial charge in [-0.2, -0.15) is 5.10 Å². The summed E-state index contributed by atoms with van der Waals surface area (Å²) in [4.78, 5) is 0. The molecule has 0 aromatic carbocycles. The zero-order valence-electron chi connectivity index (χ0n) is 12.6. The second-order valence-corrected chi connectivity index (χ2v) is 6.22. The average molecular weight is 284 g/mol. The molecule has 0 aliphatic heterocycles. The van der Waals surface area contributed by atoms with E-state index in [1.54, 1.807) is 0 Å². The van der Waals surface area contributed by atoms with Gasteiger partial charge in [0, 0.05) is 19.0 Å². The molecule has 1 aromatic heterocycles. The van der Waals surface area contributed by atoms with Crippen molar-refractivity contribution in [2.45, 2.75) is 66.0 Å². The number of hydrogen-bond acceptors (Lipinski definition) is 2. The van der Waals surface area contributed by atoms with Gasteiger partial charge < -0.3 is 5.32 Å². The molecule has 1 fully saturated rings. The maximum Gasteiger partial charge on any atom is 0.0850 e. The van der Waals surface area contributed by atoms with Gasteiger partial charge in [0.05, 0.1) is 16.4 Å². The van der Waals surface area contributed by atoms with Crippen LogP contribution in [0.2, 0.25) is 5.02 Å². The van der Waals surface area contributed by atoms with Crippen molar-refractivity contribution in [2.24, 2.45) is 5.41 Å². The Hall–Kier alpha value is -0.540. The highest BCUT2D eigenvalue weighted by atomic mass is 35.5. The highest BCUT2D eigenvalue weighted by Crippen LogP contribution is 2.49. The molecule has 1 N–H and O–H groups in total. The molecule has 1 aromatic rings. The number of halogens is 1. The fourth-order valence-corrected chi connectivity index (χ4v) is 3.11. The lowest BCUT2D eigenvalue weighted by molar-refractivity contribution is 0.352. The van der Waals surface area contributed by atoms with E-state index in [4.69, 9.17) is 11.6 Å². The third kappa shape index (κ3) is 2.97. The minimum atomic E-state index is 0.453. The van der Waals surface area contributed by atoms with E-state index in [1.165, 1.54) is 18.5 Å². The highest BCUT2D eigenvalue weighted by Gasteiger charge is 2.44. The molecule has 0 bridgehead atoms. The number of likely N-dealkylation sites (N-methyl/N-ethyl adjacent to an activating group) is 1. The summed E-state index contributed by atoms with van der Waals surface area (Å²) in [6.45, 7) is 10.7. The Morgan fingerprint density at radius 1 is 1.37 bits per heavy atom. The zero-order chi connectivity index (χ0) is 14.0. The molecule has 0 amide bonds. The number of nitrogens with zero attached hydrogens (tertiary/aromatic N) is 2. The standard InChI is InChI=1S/C15H26ClN3/c1-5-11-14(16)12(19(7-3)18-11)10-13(17-6-2)15(4)8-9-15/h13,17H,5-10H2,1-4H3. The van der Waals surface area contributed by atoms with Crippen LogP contribution in [0.4, 0.5) is 0 Å². The Bertz CT molecular complexity index is 435. The Balaban J connectivity index is 2.23. The van der Waals surface area contributed by atoms with Gasteiger partial charge in [-0.15, -0.1) is 0 Å². The Kier molecular flexibility index (Phi) is 4.57. The van der Waals surface area contributed by atoms with Crippen molar-refractivity contribution in [3.05, 3.63) is 16.4 Å². The van der Waals surface area contributed by atoms with Gasteiger partial charge in [0.2, 0.25) is 0 Å². The van der Waals surface area contributed by atoms with Crippen LogP contribution in [0.3, 0.4) is 0 Å². The van der Waals surface area contributed by atoms with Gasteiger partial charge >= 0.3 is 0 Å². The van der Waals surface area contributed by atoms with Crippen LogP contribution in [0.25, 0.3) is 0 Å². The molecule has 0 radical (unpaired) electrons. The minimum Gasteiger partial charge on any atom is -0.313 e. The molecule has 19 heavy (non-hydrogen) atoms. The molecule has 0 spiro atoms. The maximum atomic E-state index is 6.51. The highest BCUT2D eigenvalue weighted by molar-refractivity contribution is 6.31. The van der Waals surface area contributed by atoms with Crippen molar-refractivity contribution < 1.29 is 0 Å². The molecule has 108 valence electrons. The summed E-state index contributed by atoms with van der Waals surface area (Å²) in [5.41, 5.74) is 2.70. The number of rotatable bonds is 7. The van der Waals surface area contributed by atoms with Crippen LogP contribution in [0.5, 0.6) is 0 Å². The van der Waals surface area contributed by atoms with Gasteiger partial charge in [-0.3, -0.25) is 4.68 Å². The molecule has 2 rings (SSSR count). The van der Waals surface area contributed by atoms with Gasteiger partial charge in [0.15, 0.2) is 0 Å². The largest absolute Gasteiger partial charge is 0.313 e. The van der Waals surface area contributed by atoms with E-state index in [9.17, 15) is 0 Å². The predicted molar refractivity (Wildman–Crippen MR) is 80.8 cm³/mol. The first-order chi connectivity index (χ1) is 9.05. The van der Waals surface area contributed by atoms with Gasteiger partial charge in [-0.25, -0.2) is 0 Å². The van der Waals surface area contributed by atoms with Crippen LogP contribution >= 0.6 is 11.6 Å². The topological polar surface area (TPSA) is 29.9 Å². The van der Waals surface area contributed by atoms with Crippen LogP contribution in [-0.4, -0.2) is 22.4 Å². The van der Waals surface area contributed by atoms with Gasteiger partial charge in [-0.1, -0.05) is 32.4 Å². The summed E-state index contributed by atoms with van der Waals surface area (Å²) >= 11 is 6.51. The molecule has 3 nitrogen and oxygen atoms in total. The summed E-state index contributed by atoms with van der Waals surface area (Å²) in [5, 5.41) is 9.14. The average Bonchev–Trinajstić information content (AvgIpc) is 3.07. The quantitative estimate of drug-likeness (QED) is 0.831. The van der Waals surface area contributed by atoms with E-state index in [-0.39, 0.29) is 0 Å². The third-order valence-electron chi connectivity index (χ3n) is 4.42. The van der Waals surface area contributed by atoms with E-state index in [2.05, 4.69) is 42.8 Å². The number of aromatic nitrogens is 2. The van der Waals surface area contributed by atoms with Crippen molar-refractivity contribution in [3.8, 4) is 0 Å². The second kappa shape index (κ2) is 5.84. The summed E-state index contributed by atoms with van der Waals surface area (Å²) < 4.78 is 2.08. The van der Waals surface area contributed by atoms with Crippen molar-refractivity contribution >= 4 is 11.6 Å². The normalized spacial score (nSPS) is 18.6. The summed E-state index contributed by atoms with van der Waals surface area (Å²) in [6.07, 6.45) is 4.54. The molecule has 1 aliphatic carbocycles. The van der Waals surface area contributed by atoms with E-state index in [0.717, 1.165) is 36.6 Å². The first kappa shape index (κ1) is 14.9. The van der Waals surface area contributed by atoms with Crippen LogP contribution < -0.4 is 5.32 Å². The van der Waals surface area contributed by atoms with Crippen molar-refractivity contribution in [2.75, 3.05) is 6.54 Å². The fraction of sp³-hybridized carbons (Fsp3) is 0.800. The second-order valence-electron chi connectivity index (χ2n) is 5.85. The Morgan fingerprint density at radius 2 is 2.05 bits per heavy atom. The molecule has 1 unspecified atom stereocenters. The molecule has 1 saturated carbocycles. The predicted octanol–water partition coefficient (Wildman–Crippen LogP) is 3.44. The number of aryl methyl sites for hydroxylation is 2. The van der Waals surface area contributed by atoms with Crippen molar-refractivity contribution in [1.29, 1.82) is 0 Å². The summed E-state index contributed by atoms with van der Waals surface area (Å²) in [6, 6.07) is 0.515. The van der Waals surface area contributed by atoms with E-state index >= 15 is 0 Å². The molecule has 1 heterocycles. The summed E-state index contributed by atoms with van der Waals surface area (Å²) in [5.74, 6) is 0. The smallest absolute Gasteiger partial charge is 0.0850 e. The number of hydrogen-bond donors (Lipinski definition) is 1. The van der Waals surface area contributed by atoms with Crippen LogP contribution in [0, 0.1) is 5.41 Å². The zero-order valence-corrected chi connectivity index (χ0v) is 13.3. The molecule has 1 aliphatic rings. The minimum absolute atomic E-state index is 0.453. The lowest BCUT2D eigenvalue weighted by atomic mass is 9.94. The maximum absolute atomic E-state index is 6.51. The number of nitrogens with one attached hydrogen (secondary N) is 1. The SMILES string of the molecule is CCNC(Cc1c(Cl)c(CC)nn1CC)C1(C)CC1. The van der Waals surface area contributed by atoms with Gasteiger partial charge in [-0.05, 0) is 38.1 Å². The Labute approximate surface area is 121 Å². The van der Waals surface area contributed by atoms with Crippen LogP contribution in [-0.2, 0) is 19.4 Å². The first-order valence-corrected chi connectivity index (χ1v) is 7.91. The van der Waals surface area contributed by atoms with Crippen molar-refractivity contribution in [1.82, 2.24) is 15.1 Å². The molecule has 1 atom stereocenters. The van der Waals surface area contributed by atoms with Crippen molar-refractivity contribution in [3.63, 3.8) is 0 Å². The Morgan fingerprint density at radius 3 is 2.53 bits per heavy atom. The van der Waals surface area contributed by atoms with E-state index < -0.39 is 0 Å². The lowest BCUT2D eigenvalue weighted by Crippen LogP contribution is -2.38. The van der Waals surface area contributed by atoms with E-state index in [1.807, 2.05) is 0 Å². The van der Waals surface area contributed by atoms with Crippen LogP contribution in [0.1, 0.15) is 51.9 Å². The first-order valence-electron chi connectivity index (χ1n) is 7.53. The third-order valence-corrected chi connectivity index (χ3v) is 4.86. The molecular weight excluding hydrogens is 258 g/mol. The molecular formula is C15H26ClN3. The lowest BCUT2D eigenvalue weighted by Gasteiger charge is -2.25. The van der Waals surface area contributed by atoms with E-state index in [0.29, 0.717) is 11.5 Å². The van der Waals surface area contributed by atoms with Crippen LogP contribution in [0.15, 0.2) is 0 Å².